The van der Waals surface area contributed by atoms with Crippen molar-refractivity contribution in [2.24, 2.45) is 5.92 Å². The number of carbonyl (C=O) groups excluding carboxylic acids is 1. The quantitative estimate of drug-likeness (QED) is 0.848. The molecular weight excluding hydrogens is 236 g/mol. The molecule has 110 valence electrons. The topological polar surface area (TPSA) is 32.3 Å². The van der Waals surface area contributed by atoms with Gasteiger partial charge in [-0.1, -0.05) is 33.1 Å². The molecule has 0 aromatic rings. The first-order valence-corrected chi connectivity index (χ1v) is 8.23. The van der Waals surface area contributed by atoms with Crippen LogP contribution in [0.25, 0.3) is 0 Å². The van der Waals surface area contributed by atoms with E-state index >= 15 is 0 Å². The smallest absolute Gasteiger partial charge is 0.239 e. The maximum Gasteiger partial charge on any atom is 0.239 e. The van der Waals surface area contributed by atoms with Crippen molar-refractivity contribution in [2.45, 2.75) is 77.3 Å². The van der Waals surface area contributed by atoms with Crippen molar-refractivity contribution in [3.8, 4) is 0 Å². The second kappa shape index (κ2) is 7.28. The summed E-state index contributed by atoms with van der Waals surface area (Å²) in [5.41, 5.74) is 0. The van der Waals surface area contributed by atoms with Crippen LogP contribution in [0.2, 0.25) is 0 Å². The Labute approximate surface area is 118 Å². The largest absolute Gasteiger partial charge is 0.341 e. The summed E-state index contributed by atoms with van der Waals surface area (Å²) in [4.78, 5) is 14.9. The monoisotopic (exact) mass is 266 g/mol. The number of nitrogens with one attached hydrogen (secondary N) is 1. The molecule has 0 aromatic heterocycles. The van der Waals surface area contributed by atoms with Crippen molar-refractivity contribution < 1.29 is 4.79 Å². The van der Waals surface area contributed by atoms with Crippen LogP contribution in [-0.4, -0.2) is 36.0 Å². The van der Waals surface area contributed by atoms with Crippen LogP contribution in [0.15, 0.2) is 0 Å². The van der Waals surface area contributed by atoms with Crippen LogP contribution in [0.4, 0.5) is 0 Å². The van der Waals surface area contributed by atoms with Gasteiger partial charge >= 0.3 is 0 Å². The first kappa shape index (κ1) is 14.8. The molecule has 2 fully saturated rings. The zero-order chi connectivity index (χ0) is 13.7. The summed E-state index contributed by atoms with van der Waals surface area (Å²) >= 11 is 0. The zero-order valence-corrected chi connectivity index (χ0v) is 12.7. The lowest BCUT2D eigenvalue weighted by Gasteiger charge is -2.36. The molecule has 1 aliphatic heterocycles. The summed E-state index contributed by atoms with van der Waals surface area (Å²) in [5.74, 6) is 0.936. The van der Waals surface area contributed by atoms with E-state index in [-0.39, 0.29) is 6.04 Å². The first-order chi connectivity index (χ1) is 9.18. The molecule has 1 saturated heterocycles. The fourth-order valence-electron chi connectivity index (χ4n) is 3.55. The number of hydrogen-bond donors (Lipinski definition) is 1. The van der Waals surface area contributed by atoms with Gasteiger partial charge < -0.3 is 10.2 Å². The van der Waals surface area contributed by atoms with Crippen LogP contribution in [0.1, 0.15) is 65.2 Å². The molecule has 2 rings (SSSR count). The van der Waals surface area contributed by atoms with Gasteiger partial charge in [-0.05, 0) is 38.0 Å². The van der Waals surface area contributed by atoms with Gasteiger partial charge in [0, 0.05) is 19.1 Å². The number of hydrogen-bond acceptors (Lipinski definition) is 2. The molecule has 1 aliphatic carbocycles. The van der Waals surface area contributed by atoms with E-state index in [0.29, 0.717) is 17.9 Å². The second-order valence-electron chi connectivity index (χ2n) is 6.58. The van der Waals surface area contributed by atoms with Gasteiger partial charge in [0.25, 0.3) is 0 Å². The predicted molar refractivity (Wildman–Crippen MR) is 79.1 cm³/mol. The van der Waals surface area contributed by atoms with Gasteiger partial charge in [0.05, 0.1) is 6.04 Å². The van der Waals surface area contributed by atoms with Gasteiger partial charge in [-0.15, -0.1) is 0 Å². The Morgan fingerprint density at radius 1 is 1.00 bits per heavy atom. The molecule has 0 aromatic carbocycles. The molecule has 3 heteroatoms. The van der Waals surface area contributed by atoms with Crippen molar-refractivity contribution in [1.29, 1.82) is 0 Å². The summed E-state index contributed by atoms with van der Waals surface area (Å²) in [6.07, 6.45) is 10.1. The van der Waals surface area contributed by atoms with Gasteiger partial charge in [-0.2, -0.15) is 0 Å². The SMILES string of the molecule is CC(C)N[C@H](C(=O)N1CCCCC1)C1CCCCC1. The Morgan fingerprint density at radius 2 is 1.58 bits per heavy atom. The van der Waals surface area contributed by atoms with Crippen molar-refractivity contribution in [1.82, 2.24) is 10.2 Å². The average Bonchev–Trinajstić information content (AvgIpc) is 2.46. The minimum absolute atomic E-state index is 0.0680. The summed E-state index contributed by atoms with van der Waals surface area (Å²) in [5, 5.41) is 3.56. The minimum atomic E-state index is 0.0680. The van der Waals surface area contributed by atoms with E-state index in [9.17, 15) is 4.79 Å². The molecule has 0 unspecified atom stereocenters. The second-order valence-corrected chi connectivity index (χ2v) is 6.58. The van der Waals surface area contributed by atoms with E-state index in [4.69, 9.17) is 0 Å². The normalized spacial score (nSPS) is 23.6. The number of rotatable bonds is 4. The van der Waals surface area contributed by atoms with E-state index in [1.54, 1.807) is 0 Å². The minimum Gasteiger partial charge on any atom is -0.341 e. The molecule has 0 bridgehead atoms. The Kier molecular flexibility index (Phi) is 5.68. The van der Waals surface area contributed by atoms with Gasteiger partial charge in [-0.3, -0.25) is 4.79 Å². The van der Waals surface area contributed by atoms with Crippen molar-refractivity contribution >= 4 is 5.91 Å². The van der Waals surface area contributed by atoms with Crippen LogP contribution in [0, 0.1) is 5.92 Å². The maximum absolute atomic E-state index is 12.8. The number of nitrogens with zero attached hydrogens (tertiary/aromatic N) is 1. The number of piperidine rings is 1. The number of likely N-dealkylation sites (tertiary alicyclic amines) is 1. The van der Waals surface area contributed by atoms with Gasteiger partial charge in [0.2, 0.25) is 5.91 Å². The van der Waals surface area contributed by atoms with Crippen LogP contribution in [0.3, 0.4) is 0 Å². The van der Waals surface area contributed by atoms with Crippen LogP contribution in [-0.2, 0) is 4.79 Å². The summed E-state index contributed by atoms with van der Waals surface area (Å²) in [6.45, 7) is 6.25. The fourth-order valence-corrected chi connectivity index (χ4v) is 3.55. The van der Waals surface area contributed by atoms with E-state index < -0.39 is 0 Å². The maximum atomic E-state index is 12.8. The fraction of sp³-hybridized carbons (Fsp3) is 0.938. The van der Waals surface area contributed by atoms with Crippen LogP contribution in [0.5, 0.6) is 0 Å². The number of amides is 1. The molecule has 19 heavy (non-hydrogen) atoms. The Hall–Kier alpha value is -0.570. The zero-order valence-electron chi connectivity index (χ0n) is 12.7. The molecule has 2 aliphatic rings. The summed E-state index contributed by atoms with van der Waals surface area (Å²) < 4.78 is 0. The van der Waals surface area contributed by atoms with Crippen molar-refractivity contribution in [2.75, 3.05) is 13.1 Å². The van der Waals surface area contributed by atoms with E-state index in [1.807, 2.05) is 0 Å². The summed E-state index contributed by atoms with van der Waals surface area (Å²) in [7, 11) is 0. The lowest BCUT2D eigenvalue weighted by Crippen LogP contribution is -2.53. The first-order valence-electron chi connectivity index (χ1n) is 8.23. The van der Waals surface area contributed by atoms with Gasteiger partial charge in [0.1, 0.15) is 0 Å². The summed E-state index contributed by atoms with van der Waals surface area (Å²) in [6, 6.07) is 0.457. The van der Waals surface area contributed by atoms with E-state index in [2.05, 4.69) is 24.1 Å². The third-order valence-electron chi connectivity index (χ3n) is 4.57. The van der Waals surface area contributed by atoms with Crippen molar-refractivity contribution in [3.63, 3.8) is 0 Å². The van der Waals surface area contributed by atoms with Gasteiger partial charge in [0.15, 0.2) is 0 Å². The van der Waals surface area contributed by atoms with E-state index in [1.165, 1.54) is 51.4 Å². The highest BCUT2D eigenvalue weighted by Crippen LogP contribution is 2.28. The molecular formula is C16H30N2O. The Morgan fingerprint density at radius 3 is 2.16 bits per heavy atom. The standard InChI is InChI=1S/C16H30N2O/c1-13(2)17-15(14-9-5-3-6-10-14)16(19)18-11-7-4-8-12-18/h13-15,17H,3-12H2,1-2H3/t15-/m0/s1. The van der Waals surface area contributed by atoms with E-state index in [0.717, 1.165) is 13.1 Å². The molecule has 1 atom stereocenters. The molecule has 1 heterocycles. The Balaban J connectivity index is 2.00. The molecule has 1 amide bonds. The molecule has 1 N–H and O–H groups in total. The lowest BCUT2D eigenvalue weighted by molar-refractivity contribution is -0.136. The molecule has 0 radical (unpaired) electrons. The Bertz CT molecular complexity index is 278. The molecule has 3 nitrogen and oxygen atoms in total. The van der Waals surface area contributed by atoms with Gasteiger partial charge in [-0.25, -0.2) is 0 Å². The average molecular weight is 266 g/mol. The third kappa shape index (κ3) is 4.20. The highest BCUT2D eigenvalue weighted by Gasteiger charge is 2.33. The predicted octanol–water partition coefficient (Wildman–Crippen LogP) is 2.95. The highest BCUT2D eigenvalue weighted by molar-refractivity contribution is 5.82. The molecule has 0 spiro atoms. The molecule has 1 saturated carbocycles. The lowest BCUT2D eigenvalue weighted by atomic mass is 9.83. The van der Waals surface area contributed by atoms with Crippen LogP contribution < -0.4 is 5.32 Å². The third-order valence-corrected chi connectivity index (χ3v) is 4.57. The van der Waals surface area contributed by atoms with Crippen LogP contribution >= 0.6 is 0 Å². The highest BCUT2D eigenvalue weighted by atomic mass is 16.2. The van der Waals surface area contributed by atoms with Crippen molar-refractivity contribution in [3.05, 3.63) is 0 Å². The number of carbonyl (C=O) groups is 1.